The van der Waals surface area contributed by atoms with Gasteiger partial charge in [-0.25, -0.2) is 4.79 Å². The average Bonchev–Trinajstić information content (AvgIpc) is 3.22. The number of carbonyl (C=O) groups excluding carboxylic acids is 3. The molecule has 0 bridgehead atoms. The van der Waals surface area contributed by atoms with Crippen LogP contribution in [0.3, 0.4) is 0 Å². The highest BCUT2D eigenvalue weighted by atomic mass is 32.2. The molecule has 0 aliphatic carbocycles. The van der Waals surface area contributed by atoms with Crippen molar-refractivity contribution in [1.29, 1.82) is 0 Å². The van der Waals surface area contributed by atoms with Crippen molar-refractivity contribution >= 4 is 29.7 Å². The van der Waals surface area contributed by atoms with E-state index in [1.54, 1.807) is 0 Å². The first-order valence-corrected chi connectivity index (χ1v) is 15.5. The highest BCUT2D eigenvalue weighted by molar-refractivity contribution is 7.99. The van der Waals surface area contributed by atoms with E-state index in [1.165, 1.54) is 62.3 Å². The SMILES string of the molecule is C/C(=C\CSC[C@H](NC(=O)N1C[C@H](O)CC1C(=O)[O-])C(=O)[O-])CCCC(C)CCCC(C)CCCC(C)C. The largest absolute Gasteiger partial charge is 0.548 e. The molecule has 5 atom stereocenters. The fourth-order valence-corrected chi connectivity index (χ4v) is 5.85. The smallest absolute Gasteiger partial charge is 0.318 e. The van der Waals surface area contributed by atoms with Gasteiger partial charge in [-0.05, 0) is 37.5 Å². The lowest BCUT2D eigenvalue weighted by molar-refractivity contribution is -0.310. The van der Waals surface area contributed by atoms with E-state index in [1.807, 2.05) is 0 Å². The van der Waals surface area contributed by atoms with Crippen molar-refractivity contribution < 1.29 is 29.7 Å². The number of nitrogens with zero attached hydrogens (tertiary/aromatic N) is 1. The zero-order valence-electron chi connectivity index (χ0n) is 24.1. The average molecular weight is 555 g/mol. The second-order valence-electron chi connectivity index (χ2n) is 11.6. The van der Waals surface area contributed by atoms with Crippen LogP contribution in [0.15, 0.2) is 11.6 Å². The van der Waals surface area contributed by atoms with E-state index < -0.39 is 36.2 Å². The van der Waals surface area contributed by atoms with Crippen LogP contribution in [0.4, 0.5) is 4.79 Å². The number of aliphatic hydroxyl groups excluding tert-OH is 1. The van der Waals surface area contributed by atoms with Crippen molar-refractivity contribution in [2.24, 2.45) is 17.8 Å². The van der Waals surface area contributed by atoms with Crippen LogP contribution in [0.1, 0.15) is 98.8 Å². The third kappa shape index (κ3) is 14.4. The Morgan fingerprint density at radius 3 is 2.13 bits per heavy atom. The second-order valence-corrected chi connectivity index (χ2v) is 12.7. The van der Waals surface area contributed by atoms with Crippen molar-refractivity contribution in [3.8, 4) is 0 Å². The quantitative estimate of drug-likeness (QED) is 0.185. The van der Waals surface area contributed by atoms with Crippen molar-refractivity contribution in [3.05, 3.63) is 11.6 Å². The van der Waals surface area contributed by atoms with Crippen LogP contribution in [-0.2, 0) is 9.59 Å². The van der Waals surface area contributed by atoms with Gasteiger partial charge in [-0.15, -0.1) is 0 Å². The van der Waals surface area contributed by atoms with Gasteiger partial charge in [0.15, 0.2) is 0 Å². The number of likely N-dealkylation sites (tertiary alicyclic amines) is 1. The minimum absolute atomic E-state index is 0.0944. The number of hydrogen-bond donors (Lipinski definition) is 2. The fourth-order valence-electron chi connectivity index (χ4n) is 4.86. The van der Waals surface area contributed by atoms with E-state index in [0.29, 0.717) is 5.75 Å². The number of nitrogens with one attached hydrogen (secondary N) is 1. The maximum atomic E-state index is 12.4. The Hall–Kier alpha value is -1.74. The summed E-state index contributed by atoms with van der Waals surface area (Å²) in [5.41, 5.74) is 1.26. The molecule has 0 saturated carbocycles. The highest BCUT2D eigenvalue weighted by Gasteiger charge is 2.35. The van der Waals surface area contributed by atoms with E-state index in [0.717, 1.165) is 35.5 Å². The molecule has 3 unspecified atom stereocenters. The first-order chi connectivity index (χ1) is 17.9. The number of β-amino-alcohol motifs (C(OH)–C–C–N with tert-alkyl or cyclic N) is 1. The number of hydrogen-bond acceptors (Lipinski definition) is 7. The molecule has 1 fully saturated rings. The van der Waals surface area contributed by atoms with Gasteiger partial charge in [-0.3, -0.25) is 0 Å². The summed E-state index contributed by atoms with van der Waals surface area (Å²) in [6.07, 6.45) is 12.2. The summed E-state index contributed by atoms with van der Waals surface area (Å²) < 4.78 is 0. The number of thioether (sulfide) groups is 1. The molecule has 1 aliphatic rings. The number of urea groups is 1. The van der Waals surface area contributed by atoms with Crippen LogP contribution >= 0.6 is 11.8 Å². The predicted octanol–water partition coefficient (Wildman–Crippen LogP) is 3.12. The molecule has 38 heavy (non-hydrogen) atoms. The molecule has 1 aliphatic heterocycles. The van der Waals surface area contributed by atoms with Crippen molar-refractivity contribution in [3.63, 3.8) is 0 Å². The minimum atomic E-state index is -1.48. The number of aliphatic hydroxyl groups is 1. The zero-order chi connectivity index (χ0) is 28.7. The summed E-state index contributed by atoms with van der Waals surface area (Å²) in [5, 5.41) is 34.7. The lowest BCUT2D eigenvalue weighted by atomic mass is 9.91. The topological polar surface area (TPSA) is 133 Å². The van der Waals surface area contributed by atoms with E-state index in [4.69, 9.17) is 0 Å². The Morgan fingerprint density at radius 2 is 1.58 bits per heavy atom. The molecular formula is C29H50N2O6S-2. The first-order valence-electron chi connectivity index (χ1n) is 14.3. The molecule has 1 rings (SSSR count). The van der Waals surface area contributed by atoms with Gasteiger partial charge in [-0.1, -0.05) is 84.3 Å². The summed E-state index contributed by atoms with van der Waals surface area (Å²) in [4.78, 5) is 36.0. The van der Waals surface area contributed by atoms with Gasteiger partial charge < -0.3 is 35.1 Å². The Bertz CT molecular complexity index is 759. The van der Waals surface area contributed by atoms with Crippen LogP contribution in [0.2, 0.25) is 0 Å². The maximum Gasteiger partial charge on any atom is 0.318 e. The van der Waals surface area contributed by atoms with Gasteiger partial charge in [0, 0.05) is 24.5 Å². The van der Waals surface area contributed by atoms with E-state index >= 15 is 0 Å². The number of carboxylic acid groups (broad SMARTS) is 2. The van der Waals surface area contributed by atoms with Gasteiger partial charge in [0.2, 0.25) is 0 Å². The van der Waals surface area contributed by atoms with Gasteiger partial charge in [0.25, 0.3) is 0 Å². The molecule has 0 spiro atoms. The molecule has 0 aromatic rings. The molecule has 0 aromatic carbocycles. The molecule has 0 radical (unpaired) electrons. The van der Waals surface area contributed by atoms with E-state index in [9.17, 15) is 29.7 Å². The fraction of sp³-hybridized carbons (Fsp3) is 0.828. The van der Waals surface area contributed by atoms with Gasteiger partial charge in [0.1, 0.15) is 0 Å². The molecule has 1 saturated heterocycles. The Balaban J connectivity index is 2.26. The molecule has 2 amide bonds. The number of allylic oxidation sites excluding steroid dienone is 1. The number of amides is 2. The molecule has 220 valence electrons. The number of carboxylic acids is 2. The normalized spacial score (nSPS) is 20.4. The Labute approximate surface area is 234 Å². The zero-order valence-corrected chi connectivity index (χ0v) is 24.9. The lowest BCUT2D eigenvalue weighted by Crippen LogP contribution is -2.56. The third-order valence-corrected chi connectivity index (χ3v) is 8.34. The summed E-state index contributed by atoms with van der Waals surface area (Å²) in [6.45, 7) is 11.2. The van der Waals surface area contributed by atoms with Gasteiger partial charge in [0.05, 0.1) is 30.1 Å². The van der Waals surface area contributed by atoms with Crippen LogP contribution in [0, 0.1) is 17.8 Å². The maximum absolute atomic E-state index is 12.4. The second kappa shape index (κ2) is 18.5. The van der Waals surface area contributed by atoms with Gasteiger partial charge >= 0.3 is 6.03 Å². The van der Waals surface area contributed by atoms with E-state index in [2.05, 4.69) is 46.0 Å². The molecule has 1 heterocycles. The van der Waals surface area contributed by atoms with E-state index in [-0.39, 0.29) is 18.7 Å². The van der Waals surface area contributed by atoms with Crippen LogP contribution in [0.25, 0.3) is 0 Å². The molecule has 2 N–H and O–H groups in total. The predicted molar refractivity (Wildman–Crippen MR) is 149 cm³/mol. The van der Waals surface area contributed by atoms with Crippen molar-refractivity contribution in [2.45, 2.75) is 117 Å². The van der Waals surface area contributed by atoms with Crippen molar-refractivity contribution in [1.82, 2.24) is 10.2 Å². The molecule has 0 aromatic heterocycles. The molecule has 8 nitrogen and oxygen atoms in total. The van der Waals surface area contributed by atoms with Crippen LogP contribution < -0.4 is 15.5 Å². The number of carbonyl (C=O) groups is 3. The minimum Gasteiger partial charge on any atom is -0.548 e. The summed E-state index contributed by atoms with van der Waals surface area (Å²) in [7, 11) is 0. The third-order valence-electron chi connectivity index (χ3n) is 7.37. The Morgan fingerprint density at radius 1 is 1.00 bits per heavy atom. The van der Waals surface area contributed by atoms with Crippen LogP contribution in [0.5, 0.6) is 0 Å². The standard InChI is InChI=1S/C29H52N2O6S/c1-20(2)9-6-10-21(3)11-7-12-22(4)13-8-14-23(5)15-16-38-19-25(27(33)34)30-29(37)31-18-24(32)17-26(31)28(35)36/h15,20-22,24-26,32H,6-14,16-19H2,1-5H3,(H,30,37)(H,33,34)(H,35,36)/p-2/b23-15+/t21?,22?,24-,25+,26?/m1/s1. The summed E-state index contributed by atoms with van der Waals surface area (Å²) >= 11 is 1.36. The highest BCUT2D eigenvalue weighted by Crippen LogP contribution is 2.22. The molecular weight excluding hydrogens is 504 g/mol. The summed E-state index contributed by atoms with van der Waals surface area (Å²) in [5.74, 6) is 0.135. The first kappa shape index (κ1) is 34.3. The van der Waals surface area contributed by atoms with Gasteiger partial charge in [-0.2, -0.15) is 11.8 Å². The number of rotatable bonds is 19. The monoisotopic (exact) mass is 554 g/mol. The van der Waals surface area contributed by atoms with Crippen molar-refractivity contribution in [2.75, 3.05) is 18.1 Å². The Kier molecular flexibility index (Phi) is 16.7. The molecule has 9 heteroatoms. The lowest BCUT2D eigenvalue weighted by Gasteiger charge is -2.28. The number of aliphatic carboxylic acids is 2. The summed E-state index contributed by atoms with van der Waals surface area (Å²) in [6, 6.07) is -3.40. The van der Waals surface area contributed by atoms with Crippen LogP contribution in [-0.4, -0.2) is 64.2 Å².